The van der Waals surface area contributed by atoms with Crippen LogP contribution in [0.2, 0.25) is 0 Å². The van der Waals surface area contributed by atoms with Gasteiger partial charge in [-0.2, -0.15) is 0 Å². The van der Waals surface area contributed by atoms with Crippen molar-refractivity contribution in [1.82, 2.24) is 5.32 Å². The molecule has 26 heavy (non-hydrogen) atoms. The number of hydrogen-bond acceptors (Lipinski definition) is 4. The highest BCUT2D eigenvalue weighted by atomic mass is 16.5. The van der Waals surface area contributed by atoms with E-state index in [0.717, 1.165) is 0 Å². The van der Waals surface area contributed by atoms with Crippen LogP contribution in [0.3, 0.4) is 0 Å². The zero-order chi connectivity index (χ0) is 19.3. The second-order valence-corrected chi connectivity index (χ2v) is 7.23. The minimum Gasteiger partial charge on any atom is -0.497 e. The van der Waals surface area contributed by atoms with Crippen LogP contribution in [0.15, 0.2) is 42.5 Å². The van der Waals surface area contributed by atoms with Crippen LogP contribution in [0.5, 0.6) is 5.75 Å². The van der Waals surface area contributed by atoms with E-state index in [0.29, 0.717) is 34.8 Å². The Kier molecular flexibility index (Phi) is 5.87. The molecule has 6 nitrogen and oxygen atoms in total. The molecule has 2 aromatic carbocycles. The highest BCUT2D eigenvalue weighted by Crippen LogP contribution is 2.25. The maximum Gasteiger partial charge on any atom is 0.255 e. The molecule has 2 rings (SSSR count). The molecule has 2 amide bonds. The van der Waals surface area contributed by atoms with E-state index in [1.807, 2.05) is 20.8 Å². The first-order chi connectivity index (χ1) is 12.2. The third-order valence-electron chi connectivity index (χ3n) is 3.70. The summed E-state index contributed by atoms with van der Waals surface area (Å²) in [5, 5.41) is 5.63. The summed E-state index contributed by atoms with van der Waals surface area (Å²) in [5.74, 6) is 0.121. The lowest BCUT2D eigenvalue weighted by molar-refractivity contribution is 0.0938. The molecule has 0 unspecified atom stereocenters. The van der Waals surface area contributed by atoms with Crippen molar-refractivity contribution in [1.29, 1.82) is 0 Å². The summed E-state index contributed by atoms with van der Waals surface area (Å²) in [4.78, 5) is 24.5. The van der Waals surface area contributed by atoms with Gasteiger partial charge in [0.2, 0.25) is 0 Å². The molecule has 4 N–H and O–H groups in total. The van der Waals surface area contributed by atoms with Gasteiger partial charge < -0.3 is 21.1 Å². The molecule has 0 aliphatic rings. The molecule has 2 aromatic rings. The van der Waals surface area contributed by atoms with E-state index in [4.69, 9.17) is 10.5 Å². The molecule has 0 aliphatic heterocycles. The third-order valence-corrected chi connectivity index (χ3v) is 3.70. The maximum absolute atomic E-state index is 12.4. The maximum atomic E-state index is 12.4. The first kappa shape index (κ1) is 19.3. The number of nitrogen functional groups attached to an aromatic ring is 1. The number of ether oxygens (including phenoxy) is 1. The standard InChI is InChI=1S/C20H25N3O3/c1-20(2,3)12-22-18(24)13-5-7-14(8-6-13)19(25)23-17-11-15(26-4)9-10-16(17)21/h5-11H,12,21H2,1-4H3,(H,22,24)(H,23,25). The number of hydrogen-bond donors (Lipinski definition) is 3. The second kappa shape index (κ2) is 7.91. The Bertz CT molecular complexity index is 793. The van der Waals surface area contributed by atoms with Crippen molar-refractivity contribution < 1.29 is 14.3 Å². The number of amides is 2. The Morgan fingerprint density at radius 1 is 1.00 bits per heavy atom. The lowest BCUT2D eigenvalue weighted by atomic mass is 9.97. The SMILES string of the molecule is COc1ccc(N)c(NC(=O)c2ccc(C(=O)NCC(C)(C)C)cc2)c1. The molecule has 0 radical (unpaired) electrons. The van der Waals surface area contributed by atoms with Crippen LogP contribution in [-0.4, -0.2) is 25.5 Å². The van der Waals surface area contributed by atoms with E-state index in [9.17, 15) is 9.59 Å². The third kappa shape index (κ3) is 5.24. The van der Waals surface area contributed by atoms with Gasteiger partial charge in [-0.15, -0.1) is 0 Å². The van der Waals surface area contributed by atoms with Crippen LogP contribution in [0.4, 0.5) is 11.4 Å². The van der Waals surface area contributed by atoms with E-state index < -0.39 is 0 Å². The average molecular weight is 355 g/mol. The Morgan fingerprint density at radius 2 is 1.58 bits per heavy atom. The van der Waals surface area contributed by atoms with Gasteiger partial charge in [0.25, 0.3) is 11.8 Å². The zero-order valence-electron chi connectivity index (χ0n) is 15.6. The fourth-order valence-electron chi connectivity index (χ4n) is 2.19. The Balaban J connectivity index is 2.06. The Labute approximate surface area is 153 Å². The van der Waals surface area contributed by atoms with E-state index in [2.05, 4.69) is 10.6 Å². The molecule has 6 heteroatoms. The molecule has 0 atom stereocenters. The van der Waals surface area contributed by atoms with Crippen LogP contribution in [-0.2, 0) is 0 Å². The van der Waals surface area contributed by atoms with Crippen LogP contribution >= 0.6 is 0 Å². The van der Waals surface area contributed by atoms with Crippen LogP contribution < -0.4 is 21.1 Å². The van der Waals surface area contributed by atoms with E-state index >= 15 is 0 Å². The lowest BCUT2D eigenvalue weighted by Crippen LogP contribution is -2.32. The predicted molar refractivity (Wildman–Crippen MR) is 104 cm³/mol. The highest BCUT2D eigenvalue weighted by Gasteiger charge is 2.14. The summed E-state index contributed by atoms with van der Waals surface area (Å²) < 4.78 is 5.13. The van der Waals surface area contributed by atoms with Crippen molar-refractivity contribution >= 4 is 23.2 Å². The molecule has 0 aliphatic carbocycles. The van der Waals surface area contributed by atoms with Gasteiger partial charge in [-0.3, -0.25) is 9.59 Å². The summed E-state index contributed by atoms with van der Waals surface area (Å²) >= 11 is 0. The quantitative estimate of drug-likeness (QED) is 0.717. The summed E-state index contributed by atoms with van der Waals surface area (Å²) in [6, 6.07) is 11.5. The number of carbonyl (C=O) groups is 2. The molecule has 0 spiro atoms. The first-order valence-corrected chi connectivity index (χ1v) is 8.33. The van der Waals surface area contributed by atoms with Crippen LogP contribution in [0.25, 0.3) is 0 Å². The van der Waals surface area contributed by atoms with Crippen molar-refractivity contribution in [2.45, 2.75) is 20.8 Å². The number of benzene rings is 2. The van der Waals surface area contributed by atoms with Crippen molar-refractivity contribution in [3.63, 3.8) is 0 Å². The zero-order valence-corrected chi connectivity index (χ0v) is 15.6. The number of nitrogens with one attached hydrogen (secondary N) is 2. The highest BCUT2D eigenvalue weighted by molar-refractivity contribution is 6.06. The monoisotopic (exact) mass is 355 g/mol. The minimum atomic E-state index is -0.313. The largest absolute Gasteiger partial charge is 0.497 e. The van der Waals surface area contributed by atoms with Gasteiger partial charge >= 0.3 is 0 Å². The fraction of sp³-hybridized carbons (Fsp3) is 0.300. The summed E-state index contributed by atoms with van der Waals surface area (Å²) in [6.07, 6.45) is 0. The molecular weight excluding hydrogens is 330 g/mol. The number of methoxy groups -OCH3 is 1. The summed E-state index contributed by atoms with van der Waals surface area (Å²) in [5.41, 5.74) is 7.74. The number of anilines is 2. The van der Waals surface area contributed by atoms with Gasteiger partial charge in [0.05, 0.1) is 18.5 Å². The van der Waals surface area contributed by atoms with Crippen molar-refractivity contribution in [2.24, 2.45) is 5.41 Å². The van der Waals surface area contributed by atoms with Gasteiger partial charge in [-0.05, 0) is 41.8 Å². The van der Waals surface area contributed by atoms with Gasteiger partial charge in [0, 0.05) is 23.7 Å². The molecular formula is C20H25N3O3. The predicted octanol–water partition coefficient (Wildman–Crippen LogP) is 3.31. The average Bonchev–Trinajstić information content (AvgIpc) is 2.61. The molecule has 0 saturated heterocycles. The van der Waals surface area contributed by atoms with Gasteiger partial charge in [0.1, 0.15) is 5.75 Å². The second-order valence-electron chi connectivity index (χ2n) is 7.23. The van der Waals surface area contributed by atoms with Crippen molar-refractivity contribution in [3.8, 4) is 5.75 Å². The minimum absolute atomic E-state index is 0.00611. The van der Waals surface area contributed by atoms with Gasteiger partial charge in [0.15, 0.2) is 0 Å². The molecule has 0 saturated carbocycles. The first-order valence-electron chi connectivity index (χ1n) is 8.33. The van der Waals surface area contributed by atoms with Crippen molar-refractivity contribution in [3.05, 3.63) is 53.6 Å². The molecule has 138 valence electrons. The molecule has 0 bridgehead atoms. The van der Waals surface area contributed by atoms with Gasteiger partial charge in [-0.1, -0.05) is 20.8 Å². The molecule has 0 heterocycles. The van der Waals surface area contributed by atoms with E-state index in [1.54, 1.807) is 49.6 Å². The normalized spacial score (nSPS) is 10.9. The topological polar surface area (TPSA) is 93.4 Å². The van der Waals surface area contributed by atoms with Crippen molar-refractivity contribution in [2.75, 3.05) is 24.7 Å². The number of rotatable bonds is 5. The van der Waals surface area contributed by atoms with E-state index in [-0.39, 0.29) is 17.2 Å². The summed E-state index contributed by atoms with van der Waals surface area (Å²) in [7, 11) is 1.54. The van der Waals surface area contributed by atoms with Crippen LogP contribution in [0, 0.1) is 5.41 Å². The molecule has 0 fully saturated rings. The Hall–Kier alpha value is -3.02. The van der Waals surface area contributed by atoms with Crippen LogP contribution in [0.1, 0.15) is 41.5 Å². The number of carbonyl (C=O) groups excluding carboxylic acids is 2. The Morgan fingerprint density at radius 3 is 2.12 bits per heavy atom. The van der Waals surface area contributed by atoms with E-state index in [1.165, 1.54) is 0 Å². The smallest absolute Gasteiger partial charge is 0.255 e. The lowest BCUT2D eigenvalue weighted by Gasteiger charge is -2.18. The summed E-state index contributed by atoms with van der Waals surface area (Å²) in [6.45, 7) is 6.71. The van der Waals surface area contributed by atoms with Gasteiger partial charge in [-0.25, -0.2) is 0 Å². The fourth-order valence-corrected chi connectivity index (χ4v) is 2.19. The number of nitrogens with two attached hydrogens (primary N) is 1. The molecule has 0 aromatic heterocycles.